The largest absolute Gasteiger partial charge is 0.461 e. The van der Waals surface area contributed by atoms with Crippen molar-refractivity contribution in [2.45, 2.75) is 13.1 Å². The number of alkyl halides is 3. The maximum Gasteiger partial charge on any atom is 0.442 e. The maximum atomic E-state index is 12.5. The summed E-state index contributed by atoms with van der Waals surface area (Å²) in [5.41, 5.74) is -0.287. The zero-order valence-corrected chi connectivity index (χ0v) is 9.65. The third kappa shape index (κ3) is 4.12. The minimum Gasteiger partial charge on any atom is -0.461 e. The number of amides is 1. The van der Waals surface area contributed by atoms with Crippen LogP contribution in [0.4, 0.5) is 13.2 Å². The molecule has 0 aliphatic heterocycles. The molecule has 104 valence electrons. The summed E-state index contributed by atoms with van der Waals surface area (Å²) in [6.07, 6.45) is -3.88. The molecule has 6 nitrogen and oxygen atoms in total. The van der Waals surface area contributed by atoms with Gasteiger partial charge in [-0.3, -0.25) is 4.79 Å². The van der Waals surface area contributed by atoms with Gasteiger partial charge in [0.05, 0.1) is 12.9 Å². The second kappa shape index (κ2) is 6.03. The Hall–Kier alpha value is -2.32. The first-order valence-corrected chi connectivity index (χ1v) is 5.02. The average molecular weight is 278 g/mol. The van der Waals surface area contributed by atoms with Crippen LogP contribution in [0.2, 0.25) is 0 Å². The monoisotopic (exact) mass is 278 g/mol. The fourth-order valence-corrected chi connectivity index (χ4v) is 0.994. The first-order valence-electron chi connectivity index (χ1n) is 5.02. The molecule has 0 unspecified atom stereocenters. The Labute approximate surface area is 105 Å². The highest BCUT2D eigenvalue weighted by Crippen LogP contribution is 2.18. The molecule has 1 amide bonds. The van der Waals surface area contributed by atoms with Gasteiger partial charge >= 0.3 is 18.1 Å². The predicted molar refractivity (Wildman–Crippen MR) is 56.3 cm³/mol. The molecule has 0 aromatic carbocycles. The van der Waals surface area contributed by atoms with Crippen LogP contribution in [0.1, 0.15) is 17.5 Å². The normalized spacial score (nSPS) is 12.1. The number of furan rings is 1. The van der Waals surface area contributed by atoms with Crippen molar-refractivity contribution < 1.29 is 31.9 Å². The molecule has 0 aliphatic rings. The molecule has 0 aliphatic carbocycles. The van der Waals surface area contributed by atoms with Gasteiger partial charge in [0.15, 0.2) is 5.76 Å². The fourth-order valence-electron chi connectivity index (χ4n) is 0.994. The second-order valence-corrected chi connectivity index (χ2v) is 3.10. The molecule has 0 saturated carbocycles. The number of halogens is 3. The molecular formula is C10H9F3N2O4. The number of carbonyl (C=O) groups is 2. The lowest BCUT2D eigenvalue weighted by Gasteiger charge is -2.08. The fraction of sp³-hybridized carbons (Fsp3) is 0.300. The summed E-state index contributed by atoms with van der Waals surface area (Å²) < 4.78 is 46.3. The van der Waals surface area contributed by atoms with E-state index in [9.17, 15) is 22.8 Å². The first-order chi connectivity index (χ1) is 8.86. The Balaban J connectivity index is 2.84. The zero-order valence-electron chi connectivity index (χ0n) is 9.65. The van der Waals surface area contributed by atoms with Crippen LogP contribution < -0.4 is 5.43 Å². The molecule has 0 saturated heterocycles. The van der Waals surface area contributed by atoms with Gasteiger partial charge in [-0.05, 0) is 19.1 Å². The van der Waals surface area contributed by atoms with Crippen LogP contribution in [-0.2, 0) is 9.53 Å². The van der Waals surface area contributed by atoms with Crippen LogP contribution in [0.25, 0.3) is 0 Å². The van der Waals surface area contributed by atoms with Crippen molar-refractivity contribution in [3.63, 3.8) is 0 Å². The van der Waals surface area contributed by atoms with E-state index >= 15 is 0 Å². The number of hydrazone groups is 1. The Bertz CT molecular complexity index is 479. The zero-order chi connectivity index (χ0) is 14.5. The minimum atomic E-state index is -5.04. The Kier molecular flexibility index (Phi) is 4.67. The summed E-state index contributed by atoms with van der Waals surface area (Å²) in [6.45, 7) is 1.09. The van der Waals surface area contributed by atoms with Crippen LogP contribution in [0.5, 0.6) is 0 Å². The number of hydrogen-bond donors (Lipinski definition) is 1. The van der Waals surface area contributed by atoms with Crippen LogP contribution in [-0.4, -0.2) is 30.4 Å². The molecule has 1 N–H and O–H groups in total. The van der Waals surface area contributed by atoms with E-state index in [4.69, 9.17) is 0 Å². The van der Waals surface area contributed by atoms with Gasteiger partial charge in [0.2, 0.25) is 5.71 Å². The van der Waals surface area contributed by atoms with Gasteiger partial charge < -0.3 is 9.15 Å². The molecule has 0 fully saturated rings. The van der Waals surface area contributed by atoms with Crippen molar-refractivity contribution in [3.05, 3.63) is 24.2 Å². The molecule has 1 heterocycles. The molecule has 0 bridgehead atoms. The van der Waals surface area contributed by atoms with Gasteiger partial charge in [-0.15, -0.1) is 0 Å². The second-order valence-electron chi connectivity index (χ2n) is 3.10. The van der Waals surface area contributed by atoms with Gasteiger partial charge in [0, 0.05) is 0 Å². The van der Waals surface area contributed by atoms with E-state index in [0.29, 0.717) is 0 Å². The number of nitrogens with one attached hydrogen (secondary N) is 1. The molecular weight excluding hydrogens is 269 g/mol. The Morgan fingerprint density at radius 3 is 2.63 bits per heavy atom. The Morgan fingerprint density at radius 2 is 2.16 bits per heavy atom. The summed E-state index contributed by atoms with van der Waals surface area (Å²) >= 11 is 0. The van der Waals surface area contributed by atoms with Crippen molar-refractivity contribution in [3.8, 4) is 0 Å². The summed E-state index contributed by atoms with van der Waals surface area (Å²) in [5.74, 6) is -2.93. The quantitative estimate of drug-likeness (QED) is 0.514. The minimum absolute atomic E-state index is 0.242. The van der Waals surface area contributed by atoms with E-state index in [-0.39, 0.29) is 12.4 Å². The molecule has 1 aromatic heterocycles. The number of ether oxygens (including phenoxy) is 1. The highest BCUT2D eigenvalue weighted by Gasteiger charge is 2.42. The van der Waals surface area contributed by atoms with E-state index < -0.39 is 23.8 Å². The topological polar surface area (TPSA) is 80.9 Å². The van der Waals surface area contributed by atoms with Crippen molar-refractivity contribution >= 4 is 17.6 Å². The molecule has 0 radical (unpaired) electrons. The molecule has 9 heteroatoms. The van der Waals surface area contributed by atoms with E-state index in [1.54, 1.807) is 5.43 Å². The Morgan fingerprint density at radius 1 is 1.47 bits per heavy atom. The van der Waals surface area contributed by atoms with Crippen molar-refractivity contribution in [2.24, 2.45) is 5.10 Å². The third-order valence-electron chi connectivity index (χ3n) is 1.75. The lowest BCUT2D eigenvalue weighted by molar-refractivity contribution is -0.139. The highest BCUT2D eigenvalue weighted by molar-refractivity contribution is 6.38. The summed E-state index contributed by atoms with van der Waals surface area (Å²) in [5, 5.41) is 2.73. The lowest BCUT2D eigenvalue weighted by Crippen LogP contribution is -2.35. The van der Waals surface area contributed by atoms with Crippen LogP contribution >= 0.6 is 0 Å². The van der Waals surface area contributed by atoms with Gasteiger partial charge in [0.1, 0.15) is 0 Å². The first kappa shape index (κ1) is 14.7. The van der Waals surface area contributed by atoms with E-state index in [1.807, 2.05) is 0 Å². The van der Waals surface area contributed by atoms with Crippen molar-refractivity contribution in [1.82, 2.24) is 5.43 Å². The lowest BCUT2D eigenvalue weighted by atomic mass is 10.4. The van der Waals surface area contributed by atoms with Crippen LogP contribution in [0, 0.1) is 0 Å². The number of esters is 1. The maximum absolute atomic E-state index is 12.5. The average Bonchev–Trinajstić information content (AvgIpc) is 2.80. The van der Waals surface area contributed by atoms with E-state index in [2.05, 4.69) is 14.3 Å². The number of nitrogens with zero attached hydrogens (tertiary/aromatic N) is 1. The predicted octanol–water partition coefficient (Wildman–Crippen LogP) is 1.49. The van der Waals surface area contributed by atoms with Gasteiger partial charge in [-0.2, -0.15) is 18.3 Å². The summed E-state index contributed by atoms with van der Waals surface area (Å²) in [6, 6.07) is 2.59. The highest BCUT2D eigenvalue weighted by atomic mass is 19.4. The number of rotatable bonds is 4. The SMILES string of the molecule is CCOC(=O)/C(=N\NC(=O)c1ccco1)C(F)(F)F. The van der Waals surface area contributed by atoms with Crippen LogP contribution in [0.3, 0.4) is 0 Å². The van der Waals surface area contributed by atoms with E-state index in [0.717, 1.165) is 6.26 Å². The standard InChI is InChI=1S/C10H9F3N2O4/c1-2-18-9(17)7(10(11,12)13)14-15-8(16)6-4-3-5-19-6/h3-5H,2H2,1H3,(H,15,16)/b14-7+. The molecule has 1 aromatic rings. The van der Waals surface area contributed by atoms with E-state index in [1.165, 1.54) is 19.1 Å². The van der Waals surface area contributed by atoms with Crippen molar-refractivity contribution in [2.75, 3.05) is 6.61 Å². The molecule has 19 heavy (non-hydrogen) atoms. The molecule has 0 atom stereocenters. The number of carbonyl (C=O) groups excluding carboxylic acids is 2. The summed E-state index contributed by atoms with van der Waals surface area (Å²) in [7, 11) is 0. The third-order valence-corrected chi connectivity index (χ3v) is 1.75. The molecule has 0 spiro atoms. The van der Waals surface area contributed by atoms with Crippen molar-refractivity contribution in [1.29, 1.82) is 0 Å². The van der Waals surface area contributed by atoms with Gasteiger partial charge in [0.25, 0.3) is 0 Å². The van der Waals surface area contributed by atoms with Crippen LogP contribution in [0.15, 0.2) is 27.9 Å². The smallest absolute Gasteiger partial charge is 0.442 e. The van der Waals surface area contributed by atoms with Gasteiger partial charge in [-0.1, -0.05) is 0 Å². The number of hydrogen-bond acceptors (Lipinski definition) is 5. The molecule has 1 rings (SSSR count). The van der Waals surface area contributed by atoms with Gasteiger partial charge in [-0.25, -0.2) is 10.2 Å². The summed E-state index contributed by atoms with van der Waals surface area (Å²) in [4.78, 5) is 22.3.